The maximum Gasteiger partial charge on any atom is 0.408 e. The van der Waals surface area contributed by atoms with E-state index < -0.39 is 60.0 Å². The number of benzene rings is 2. The fourth-order valence-electron chi connectivity index (χ4n) is 4.03. The molecular formula is C32H43N3O8. The van der Waals surface area contributed by atoms with E-state index in [9.17, 15) is 24.0 Å². The van der Waals surface area contributed by atoms with Crippen molar-refractivity contribution in [3.8, 4) is 0 Å². The molecule has 0 bridgehead atoms. The third-order valence-corrected chi connectivity index (χ3v) is 6.50. The number of esters is 2. The summed E-state index contributed by atoms with van der Waals surface area (Å²) < 4.78 is 15.5. The first-order chi connectivity index (χ1) is 20.3. The largest absolute Gasteiger partial charge is 0.467 e. The lowest BCUT2D eigenvalue weighted by atomic mass is 9.96. The minimum absolute atomic E-state index is 0.0192. The second-order valence-electron chi connectivity index (χ2n) is 11.2. The maximum absolute atomic E-state index is 13.5. The number of methoxy groups -OCH3 is 1. The average molecular weight is 598 g/mol. The van der Waals surface area contributed by atoms with Crippen LogP contribution in [0.25, 0.3) is 0 Å². The molecule has 0 fully saturated rings. The molecule has 0 aliphatic carbocycles. The number of carbonyl (C=O) groups excluding carboxylic acids is 5. The van der Waals surface area contributed by atoms with Gasteiger partial charge in [0.25, 0.3) is 0 Å². The number of hydrogen-bond donors (Lipinski definition) is 3. The number of alkyl carbamates (subject to hydrolysis) is 1. The van der Waals surface area contributed by atoms with Crippen molar-refractivity contribution in [3.05, 3.63) is 71.8 Å². The van der Waals surface area contributed by atoms with E-state index in [2.05, 4.69) is 16.0 Å². The zero-order valence-corrected chi connectivity index (χ0v) is 25.7. The fraction of sp³-hybridized carbons (Fsp3) is 0.469. The zero-order valence-electron chi connectivity index (χ0n) is 25.7. The van der Waals surface area contributed by atoms with Gasteiger partial charge in [0.15, 0.2) is 0 Å². The Labute approximate surface area is 253 Å². The molecule has 2 rings (SSSR count). The lowest BCUT2D eigenvalue weighted by molar-refractivity contribution is -0.147. The van der Waals surface area contributed by atoms with Crippen LogP contribution in [0.4, 0.5) is 4.79 Å². The van der Waals surface area contributed by atoms with Gasteiger partial charge in [0.05, 0.1) is 13.5 Å². The average Bonchev–Trinajstić information content (AvgIpc) is 2.97. The van der Waals surface area contributed by atoms with E-state index in [1.165, 1.54) is 7.11 Å². The summed E-state index contributed by atoms with van der Waals surface area (Å²) in [6.07, 6.45) is -0.743. The van der Waals surface area contributed by atoms with Gasteiger partial charge in [-0.2, -0.15) is 0 Å². The summed E-state index contributed by atoms with van der Waals surface area (Å²) in [4.78, 5) is 64.8. The summed E-state index contributed by atoms with van der Waals surface area (Å²) in [6, 6.07) is 14.6. The molecule has 2 aromatic rings. The second-order valence-corrected chi connectivity index (χ2v) is 11.2. The highest BCUT2D eigenvalue weighted by Crippen LogP contribution is 2.13. The van der Waals surface area contributed by atoms with Crippen LogP contribution in [0.3, 0.4) is 0 Å². The third-order valence-electron chi connectivity index (χ3n) is 6.50. The molecule has 3 N–H and O–H groups in total. The number of amides is 3. The van der Waals surface area contributed by atoms with E-state index in [4.69, 9.17) is 14.2 Å². The van der Waals surface area contributed by atoms with Crippen LogP contribution < -0.4 is 16.0 Å². The number of nitrogens with one attached hydrogen (secondary N) is 3. The van der Waals surface area contributed by atoms with E-state index >= 15 is 0 Å². The first-order valence-corrected chi connectivity index (χ1v) is 14.2. The van der Waals surface area contributed by atoms with Crippen molar-refractivity contribution in [2.75, 3.05) is 7.11 Å². The SMILES string of the molecule is CC[C@H](C)[C@H](NC(=O)[C@H](CC(=O)OCc1ccccc1)NC(=O)OC(C)(C)C)C(=O)N[C@H](Cc1ccccc1)C(=O)OC. The van der Waals surface area contributed by atoms with E-state index in [1.807, 2.05) is 43.3 Å². The van der Waals surface area contributed by atoms with E-state index in [1.54, 1.807) is 52.0 Å². The van der Waals surface area contributed by atoms with E-state index in [0.29, 0.717) is 6.42 Å². The topological polar surface area (TPSA) is 149 Å². The van der Waals surface area contributed by atoms with Gasteiger partial charge in [0.2, 0.25) is 11.8 Å². The monoisotopic (exact) mass is 597 g/mol. The number of rotatable bonds is 14. The Kier molecular flexibility index (Phi) is 13.7. The van der Waals surface area contributed by atoms with Crippen LogP contribution in [-0.2, 0) is 46.4 Å². The van der Waals surface area contributed by atoms with Crippen molar-refractivity contribution in [1.82, 2.24) is 16.0 Å². The van der Waals surface area contributed by atoms with Gasteiger partial charge >= 0.3 is 18.0 Å². The minimum atomic E-state index is -1.40. The number of hydrogen-bond acceptors (Lipinski definition) is 8. The van der Waals surface area contributed by atoms with Crippen molar-refractivity contribution in [3.63, 3.8) is 0 Å². The van der Waals surface area contributed by atoms with Crippen LogP contribution in [0.2, 0.25) is 0 Å². The molecule has 43 heavy (non-hydrogen) atoms. The van der Waals surface area contributed by atoms with Gasteiger partial charge < -0.3 is 30.2 Å². The molecule has 11 nitrogen and oxygen atoms in total. The Hall–Kier alpha value is -4.41. The lowest BCUT2D eigenvalue weighted by Crippen LogP contribution is -2.58. The molecule has 3 amide bonds. The predicted octanol–water partition coefficient (Wildman–Crippen LogP) is 3.44. The fourth-order valence-corrected chi connectivity index (χ4v) is 4.03. The number of ether oxygens (including phenoxy) is 3. The maximum atomic E-state index is 13.5. The molecule has 0 aromatic heterocycles. The van der Waals surface area contributed by atoms with Crippen molar-refractivity contribution in [1.29, 1.82) is 0 Å². The van der Waals surface area contributed by atoms with Gasteiger partial charge in [-0.05, 0) is 37.8 Å². The van der Waals surface area contributed by atoms with Crippen molar-refractivity contribution in [2.45, 2.75) is 84.2 Å². The molecule has 4 atom stereocenters. The Morgan fingerprint density at radius 3 is 1.91 bits per heavy atom. The van der Waals surface area contributed by atoms with Gasteiger partial charge in [0, 0.05) is 6.42 Å². The van der Waals surface area contributed by atoms with Crippen molar-refractivity contribution >= 4 is 29.8 Å². The molecule has 2 aromatic carbocycles. The number of carbonyl (C=O) groups is 5. The summed E-state index contributed by atoms with van der Waals surface area (Å²) >= 11 is 0. The standard InChI is InChI=1S/C32H43N3O8/c1-7-21(2)27(29(38)33-25(30(39)41-6)18-22-14-10-8-11-15-22)35-28(37)24(34-31(40)43-32(3,4)5)19-26(36)42-20-23-16-12-9-13-17-23/h8-17,21,24-25,27H,7,18-20H2,1-6H3,(H,33,38)(H,34,40)(H,35,37)/t21-,24-,25+,27-/m0/s1. The molecule has 11 heteroatoms. The summed E-state index contributed by atoms with van der Waals surface area (Å²) in [5, 5.41) is 7.78. The summed E-state index contributed by atoms with van der Waals surface area (Å²) in [6.45, 7) is 8.56. The third kappa shape index (κ3) is 12.6. The van der Waals surface area contributed by atoms with Gasteiger partial charge in [0.1, 0.15) is 30.3 Å². The molecule has 0 saturated heterocycles. The molecular weight excluding hydrogens is 554 g/mol. The first-order valence-electron chi connectivity index (χ1n) is 14.2. The molecule has 0 saturated carbocycles. The van der Waals surface area contributed by atoms with Crippen LogP contribution in [-0.4, -0.2) is 60.7 Å². The molecule has 0 spiro atoms. The Bertz CT molecular complexity index is 1210. The van der Waals surface area contributed by atoms with Crippen molar-refractivity contribution < 1.29 is 38.2 Å². The highest BCUT2D eigenvalue weighted by molar-refractivity contribution is 5.94. The highest BCUT2D eigenvalue weighted by atomic mass is 16.6. The summed E-state index contributed by atoms with van der Waals surface area (Å²) in [7, 11) is 1.23. The molecule has 0 heterocycles. The molecule has 0 radical (unpaired) electrons. The van der Waals surface area contributed by atoms with Gasteiger partial charge in [-0.3, -0.25) is 14.4 Å². The predicted molar refractivity (Wildman–Crippen MR) is 159 cm³/mol. The molecule has 0 aliphatic heterocycles. The zero-order chi connectivity index (χ0) is 32.0. The first kappa shape index (κ1) is 34.8. The minimum Gasteiger partial charge on any atom is -0.467 e. The Balaban J connectivity index is 2.21. The molecule has 0 unspecified atom stereocenters. The van der Waals surface area contributed by atoms with Crippen LogP contribution in [0.5, 0.6) is 0 Å². The summed E-state index contributed by atoms with van der Waals surface area (Å²) in [5.41, 5.74) is 0.693. The Morgan fingerprint density at radius 1 is 0.791 bits per heavy atom. The van der Waals surface area contributed by atoms with Crippen LogP contribution >= 0.6 is 0 Å². The highest BCUT2D eigenvalue weighted by Gasteiger charge is 2.34. The van der Waals surface area contributed by atoms with Crippen LogP contribution in [0.15, 0.2) is 60.7 Å². The van der Waals surface area contributed by atoms with Gasteiger partial charge in [-0.15, -0.1) is 0 Å². The Morgan fingerprint density at radius 2 is 1.37 bits per heavy atom. The van der Waals surface area contributed by atoms with Gasteiger partial charge in [-0.1, -0.05) is 80.9 Å². The normalized spacial score (nSPS) is 13.8. The quantitative estimate of drug-likeness (QED) is 0.222. The smallest absolute Gasteiger partial charge is 0.408 e. The second kappa shape index (κ2) is 16.9. The molecule has 0 aliphatic rings. The van der Waals surface area contributed by atoms with Crippen LogP contribution in [0, 0.1) is 5.92 Å². The molecule has 234 valence electrons. The van der Waals surface area contributed by atoms with Crippen LogP contribution in [0.1, 0.15) is 58.6 Å². The van der Waals surface area contributed by atoms with Gasteiger partial charge in [-0.25, -0.2) is 9.59 Å². The summed E-state index contributed by atoms with van der Waals surface area (Å²) in [5.74, 6) is -3.15. The lowest BCUT2D eigenvalue weighted by Gasteiger charge is -2.28. The van der Waals surface area contributed by atoms with E-state index in [-0.39, 0.29) is 18.9 Å². The van der Waals surface area contributed by atoms with Crippen molar-refractivity contribution in [2.24, 2.45) is 5.92 Å². The van der Waals surface area contributed by atoms with E-state index in [0.717, 1.165) is 11.1 Å².